The fraction of sp³-hybridized carbons (Fsp3) is 0.391. The number of nitrogens with two attached hydrogens (primary N) is 2. The van der Waals surface area contributed by atoms with Crippen LogP contribution in [0.4, 0.5) is 9.59 Å². The zero-order valence-corrected chi connectivity index (χ0v) is 60.5. The number of hydrogen-bond acceptors (Lipinski definition) is 8. The Bertz CT molecular complexity index is 4200. The summed E-state index contributed by atoms with van der Waals surface area (Å²) in [6, 6.07) is 56.4. The molecule has 9 aromatic rings. The quantitative estimate of drug-likeness (QED) is 0.0166. The maximum Gasteiger partial charge on any atom is 0.322 e. The minimum absolute atomic E-state index is 0.379. The molecule has 0 fully saturated rings. The molecule has 101 heavy (non-hydrogen) atoms. The second-order valence-electron chi connectivity index (χ2n) is 26.3. The Labute approximate surface area is 599 Å². The average Bonchev–Trinajstić information content (AvgIpc) is 1.66. The number of primary amides is 2. The molecular formula is C87H110N8O6. The summed E-state index contributed by atoms with van der Waals surface area (Å²) in [5.41, 5.74) is 19.9. The molecule has 0 saturated carbocycles. The van der Waals surface area contributed by atoms with Crippen molar-refractivity contribution in [3.05, 3.63) is 204 Å². The summed E-state index contributed by atoms with van der Waals surface area (Å²) in [6.45, 7) is 11.7. The fourth-order valence-corrected chi connectivity index (χ4v) is 12.7. The third kappa shape index (κ3) is 25.5. The highest BCUT2D eigenvalue weighted by molar-refractivity contribution is 6.27. The van der Waals surface area contributed by atoms with Crippen LogP contribution >= 0.6 is 0 Å². The third-order valence-electron chi connectivity index (χ3n) is 18.0. The summed E-state index contributed by atoms with van der Waals surface area (Å²) in [4.78, 5) is 48.4. The molecule has 11 rings (SSSR count). The number of carbonyl (C=O) groups excluding carboxylic acids is 3. The maximum absolute atomic E-state index is 10.8. The molecule has 14 nitrogen and oxygen atoms in total. The van der Waals surface area contributed by atoms with Crippen LogP contribution in [0.3, 0.4) is 0 Å². The Morgan fingerprint density at radius 2 is 0.842 bits per heavy atom. The minimum Gasteiger partial charge on any atom is -0.491 e. The van der Waals surface area contributed by atoms with Crippen molar-refractivity contribution < 1.29 is 28.6 Å². The molecule has 0 unspecified atom stereocenters. The van der Waals surface area contributed by atoms with E-state index in [0.29, 0.717) is 18.7 Å². The zero-order valence-electron chi connectivity index (χ0n) is 60.5. The van der Waals surface area contributed by atoms with Gasteiger partial charge in [0, 0.05) is 39.6 Å². The van der Waals surface area contributed by atoms with Gasteiger partial charge in [0.25, 0.3) is 0 Å². The van der Waals surface area contributed by atoms with E-state index >= 15 is 0 Å². The molecule has 3 aromatic heterocycles. The third-order valence-corrected chi connectivity index (χ3v) is 18.0. The number of fused-ring (bicyclic) bond motifs is 14. The number of urea groups is 2. The van der Waals surface area contributed by atoms with Crippen LogP contribution in [0.15, 0.2) is 170 Å². The predicted molar refractivity (Wildman–Crippen MR) is 422 cm³/mol. The number of H-pyrrole nitrogens is 2. The molecule has 0 atom stereocenters. The van der Waals surface area contributed by atoms with Crippen LogP contribution in [0.2, 0.25) is 0 Å². The van der Waals surface area contributed by atoms with Crippen molar-refractivity contribution >= 4 is 95.8 Å². The molecule has 0 spiro atoms. The molecule has 2 aliphatic rings. The lowest BCUT2D eigenvalue weighted by Gasteiger charge is -2.18. The number of carbonyl (C=O) groups is 3. The summed E-state index contributed by atoms with van der Waals surface area (Å²) in [6.07, 6.45) is 36.6. The van der Waals surface area contributed by atoms with Gasteiger partial charge in [-0.25, -0.2) is 19.6 Å². The van der Waals surface area contributed by atoms with Crippen molar-refractivity contribution in [2.75, 3.05) is 26.4 Å². The highest BCUT2D eigenvalue weighted by Crippen LogP contribution is 2.45. The van der Waals surface area contributed by atoms with Gasteiger partial charge in [0.05, 0.1) is 42.5 Å². The first-order valence-corrected chi connectivity index (χ1v) is 37.7. The van der Waals surface area contributed by atoms with Gasteiger partial charge in [0.2, 0.25) is 5.91 Å². The highest BCUT2D eigenvalue weighted by atomic mass is 16.5. The number of nitrogens with one attached hydrogen (secondary N) is 4. The van der Waals surface area contributed by atoms with Gasteiger partial charge in [-0.3, -0.25) is 10.1 Å². The smallest absolute Gasteiger partial charge is 0.322 e. The highest BCUT2D eigenvalue weighted by Gasteiger charge is 2.24. The molecule has 0 saturated heterocycles. The molecule has 8 N–H and O–H groups in total. The number of unbranched alkanes of at least 4 members (excludes halogenated alkanes) is 22. The van der Waals surface area contributed by atoms with Crippen molar-refractivity contribution in [2.45, 2.75) is 195 Å². The van der Waals surface area contributed by atoms with Gasteiger partial charge in [-0.1, -0.05) is 266 Å². The summed E-state index contributed by atoms with van der Waals surface area (Å²) in [5, 5.41) is 12.0. The summed E-state index contributed by atoms with van der Waals surface area (Å²) in [7, 11) is 0. The SMILES string of the molecule is CCCCCCCCCCCCOC1=C(c2ccccc2)c2cc3nc(cc4ccc(cc5ccc(cc1n2)[nH]5)[nH]4)C=C3.CCCCCCCCCCOc1ccc2c3ccccc3c3ccccc3c2c1OCCCCCC.CCCCCCNC(=O)NC(N)=O.NC(=O)c1ccccc1. The number of amides is 5. The van der Waals surface area contributed by atoms with E-state index in [1.165, 1.54) is 161 Å². The van der Waals surface area contributed by atoms with Crippen LogP contribution in [0.1, 0.15) is 233 Å². The maximum atomic E-state index is 10.8. The fourth-order valence-electron chi connectivity index (χ4n) is 12.7. The molecule has 5 amide bonds. The largest absolute Gasteiger partial charge is 0.491 e. The van der Waals surface area contributed by atoms with Crippen LogP contribution in [-0.2, 0) is 4.74 Å². The first-order chi connectivity index (χ1) is 49.6. The van der Waals surface area contributed by atoms with Gasteiger partial charge < -0.3 is 41.0 Å². The van der Waals surface area contributed by atoms with E-state index in [1.54, 1.807) is 24.3 Å². The number of benzene rings is 6. The van der Waals surface area contributed by atoms with E-state index in [9.17, 15) is 14.4 Å². The van der Waals surface area contributed by atoms with E-state index in [2.05, 4.69) is 176 Å². The van der Waals surface area contributed by atoms with Gasteiger partial charge in [0.1, 0.15) is 5.69 Å². The number of ether oxygens (including phenoxy) is 3. The Balaban J connectivity index is 0.000000199. The summed E-state index contributed by atoms with van der Waals surface area (Å²) in [5.74, 6) is 2.27. The van der Waals surface area contributed by atoms with Crippen molar-refractivity contribution in [3.8, 4) is 11.5 Å². The Kier molecular flexibility index (Phi) is 33.4. The normalized spacial score (nSPS) is 11.5. The number of hydrogen-bond donors (Lipinski definition) is 6. The zero-order chi connectivity index (χ0) is 71.1. The molecule has 0 aliphatic carbocycles. The van der Waals surface area contributed by atoms with E-state index in [-0.39, 0.29) is 5.91 Å². The molecule has 6 aromatic carbocycles. The Morgan fingerprint density at radius 1 is 0.406 bits per heavy atom. The molecule has 14 heteroatoms. The molecule has 0 radical (unpaired) electrons. The van der Waals surface area contributed by atoms with Crippen LogP contribution < -0.4 is 31.6 Å². The van der Waals surface area contributed by atoms with E-state index in [1.807, 2.05) is 29.6 Å². The second-order valence-corrected chi connectivity index (χ2v) is 26.3. The molecule has 5 heterocycles. The average molecular weight is 1360 g/mol. The van der Waals surface area contributed by atoms with E-state index in [4.69, 9.17) is 35.6 Å². The monoisotopic (exact) mass is 1360 g/mol. The van der Waals surface area contributed by atoms with E-state index < -0.39 is 12.1 Å². The first-order valence-electron chi connectivity index (χ1n) is 37.7. The van der Waals surface area contributed by atoms with Gasteiger partial charge >= 0.3 is 12.1 Å². The van der Waals surface area contributed by atoms with Crippen LogP contribution in [-0.4, -0.2) is 64.3 Å². The molecule has 2 aliphatic heterocycles. The lowest BCUT2D eigenvalue weighted by atomic mass is 9.93. The number of aromatic nitrogens is 4. The van der Waals surface area contributed by atoms with Crippen molar-refractivity contribution in [1.29, 1.82) is 0 Å². The molecular weight excluding hydrogens is 1250 g/mol. The van der Waals surface area contributed by atoms with Crippen LogP contribution in [0.25, 0.3) is 77.9 Å². The van der Waals surface area contributed by atoms with Crippen LogP contribution in [0.5, 0.6) is 11.5 Å². The van der Waals surface area contributed by atoms with Gasteiger partial charge in [-0.05, 0) is 143 Å². The van der Waals surface area contributed by atoms with E-state index in [0.717, 1.165) is 125 Å². The van der Waals surface area contributed by atoms with Gasteiger partial charge in [0.15, 0.2) is 17.3 Å². The summed E-state index contributed by atoms with van der Waals surface area (Å²) >= 11 is 0. The number of aromatic amines is 2. The van der Waals surface area contributed by atoms with Crippen molar-refractivity contribution in [3.63, 3.8) is 0 Å². The minimum atomic E-state index is -0.828. The van der Waals surface area contributed by atoms with Gasteiger partial charge in [-0.2, -0.15) is 0 Å². The van der Waals surface area contributed by atoms with Gasteiger partial charge in [-0.15, -0.1) is 0 Å². The predicted octanol–water partition coefficient (Wildman–Crippen LogP) is 22.7. The lowest BCUT2D eigenvalue weighted by molar-refractivity contribution is 0.1000. The molecule has 8 bridgehead atoms. The topological polar surface area (TPSA) is 212 Å². The lowest BCUT2D eigenvalue weighted by Crippen LogP contribution is -2.42. The van der Waals surface area contributed by atoms with Crippen LogP contribution in [0, 0.1) is 0 Å². The number of rotatable bonds is 35. The number of nitrogens with zero attached hydrogens (tertiary/aromatic N) is 2. The first kappa shape index (κ1) is 77.1. The Morgan fingerprint density at radius 3 is 1.38 bits per heavy atom. The Hall–Kier alpha value is -9.69. The van der Waals surface area contributed by atoms with Crippen molar-refractivity contribution in [2.24, 2.45) is 11.5 Å². The standard InChI is InChI=1S/C38H42N4O.C34H44O2.C8H17N3O2.C7H7NO/c1-2-3-4-5-6-7-8-9-10-14-23-43-38-36-27-34-22-20-32(41-34)25-30-18-17-29(39-30)24-31-19-21-33(40-31)26-35(42-36)37(38)28-15-12-11-13-16-28;1-3-5-7-9-10-11-12-18-25-35-32-24-23-31-29-21-14-13-19-27(29)28-20-15-16-22-30(28)33(31)34(32)36-26-17-8-6-4-2;1-2-3-4-5-6-10-8(13)11-7(9)12;8-7(9)6-4-2-1-3-5-6/h11-13,15-22,24-27,39,41H,2-10,14,23H2,1H3;13-16,19-24H,3-12,17-18,25-26H2,1-2H3;2-6H2,1H3,(H4,9,10,11,12,13);1-5H,(H2,8,9). The van der Waals surface area contributed by atoms with Crippen molar-refractivity contribution in [1.82, 2.24) is 30.6 Å². The summed E-state index contributed by atoms with van der Waals surface area (Å²) < 4.78 is 19.6. The molecule has 534 valence electrons. The number of imide groups is 1. The second kappa shape index (κ2) is 43.8.